The number of benzene rings is 1. The standard InChI is InChI=1S/C17H24N4OS2/c1-11(2)8-9-18-15(22)10-23-17-21-20-16(24-17)19-14-7-5-6-12(3)13(14)4/h5-7,11H,8-10H2,1-4H3,(H,18,22)(H,19,20). The molecule has 1 aromatic carbocycles. The van der Waals surface area contributed by atoms with Gasteiger partial charge in [-0.3, -0.25) is 4.79 Å². The van der Waals surface area contributed by atoms with E-state index in [0.29, 0.717) is 11.7 Å². The predicted octanol–water partition coefficient (Wildman–Crippen LogP) is 4.15. The van der Waals surface area contributed by atoms with E-state index in [4.69, 9.17) is 0 Å². The number of amides is 1. The van der Waals surface area contributed by atoms with Gasteiger partial charge in [-0.2, -0.15) is 0 Å². The first-order chi connectivity index (χ1) is 11.5. The minimum absolute atomic E-state index is 0.0416. The van der Waals surface area contributed by atoms with Crippen molar-refractivity contribution in [2.75, 3.05) is 17.6 Å². The summed E-state index contributed by atoms with van der Waals surface area (Å²) < 4.78 is 0.793. The van der Waals surface area contributed by atoms with E-state index in [0.717, 1.165) is 28.1 Å². The van der Waals surface area contributed by atoms with Gasteiger partial charge in [0.2, 0.25) is 11.0 Å². The number of hydrogen-bond donors (Lipinski definition) is 2. The third-order valence-electron chi connectivity index (χ3n) is 3.62. The van der Waals surface area contributed by atoms with Crippen molar-refractivity contribution in [1.82, 2.24) is 15.5 Å². The van der Waals surface area contributed by atoms with Crippen molar-refractivity contribution in [3.8, 4) is 0 Å². The minimum atomic E-state index is 0.0416. The van der Waals surface area contributed by atoms with E-state index in [1.165, 1.54) is 34.2 Å². The molecular weight excluding hydrogens is 340 g/mol. The zero-order chi connectivity index (χ0) is 17.5. The van der Waals surface area contributed by atoms with Crippen LogP contribution in [0, 0.1) is 19.8 Å². The number of carbonyl (C=O) groups is 1. The maximum Gasteiger partial charge on any atom is 0.230 e. The van der Waals surface area contributed by atoms with Crippen LogP contribution in [-0.2, 0) is 4.79 Å². The Morgan fingerprint density at radius 2 is 2.08 bits per heavy atom. The van der Waals surface area contributed by atoms with Crippen molar-refractivity contribution in [3.63, 3.8) is 0 Å². The lowest BCUT2D eigenvalue weighted by atomic mass is 10.1. The predicted molar refractivity (Wildman–Crippen MR) is 102 cm³/mol. The topological polar surface area (TPSA) is 66.9 Å². The van der Waals surface area contributed by atoms with Gasteiger partial charge in [-0.15, -0.1) is 10.2 Å². The van der Waals surface area contributed by atoms with E-state index in [9.17, 15) is 4.79 Å². The zero-order valence-corrected chi connectivity index (χ0v) is 16.2. The fourth-order valence-corrected chi connectivity index (χ4v) is 3.59. The Labute approximate surface area is 151 Å². The van der Waals surface area contributed by atoms with Crippen molar-refractivity contribution in [1.29, 1.82) is 0 Å². The van der Waals surface area contributed by atoms with E-state index < -0.39 is 0 Å². The third kappa shape index (κ3) is 5.79. The molecule has 2 N–H and O–H groups in total. The SMILES string of the molecule is Cc1cccc(Nc2nnc(SCC(=O)NCCC(C)C)s2)c1C. The molecule has 0 aliphatic carbocycles. The molecule has 0 aliphatic heterocycles. The Kier molecular flexibility index (Phi) is 7.05. The maximum absolute atomic E-state index is 11.8. The van der Waals surface area contributed by atoms with Gasteiger partial charge in [-0.05, 0) is 43.4 Å². The molecule has 1 heterocycles. The normalized spacial score (nSPS) is 10.9. The molecule has 5 nitrogen and oxygen atoms in total. The molecule has 0 atom stereocenters. The van der Waals surface area contributed by atoms with E-state index in [2.05, 4.69) is 54.6 Å². The van der Waals surface area contributed by atoms with E-state index >= 15 is 0 Å². The molecule has 0 radical (unpaired) electrons. The Hall–Kier alpha value is -1.60. The van der Waals surface area contributed by atoms with Gasteiger partial charge in [0.05, 0.1) is 5.75 Å². The molecular formula is C17H24N4OS2. The monoisotopic (exact) mass is 364 g/mol. The van der Waals surface area contributed by atoms with Crippen molar-refractivity contribution >= 4 is 39.8 Å². The molecule has 2 aromatic rings. The highest BCUT2D eigenvalue weighted by Gasteiger charge is 2.09. The van der Waals surface area contributed by atoms with E-state index in [-0.39, 0.29) is 5.91 Å². The number of nitrogens with one attached hydrogen (secondary N) is 2. The number of nitrogens with zero attached hydrogens (tertiary/aromatic N) is 2. The summed E-state index contributed by atoms with van der Waals surface area (Å²) in [6, 6.07) is 6.13. The molecule has 130 valence electrons. The van der Waals surface area contributed by atoms with Crippen LogP contribution in [0.4, 0.5) is 10.8 Å². The molecule has 0 fully saturated rings. The molecule has 0 saturated carbocycles. The van der Waals surface area contributed by atoms with E-state index in [1.807, 2.05) is 12.1 Å². The van der Waals surface area contributed by atoms with E-state index in [1.54, 1.807) is 0 Å². The Bertz CT molecular complexity index is 685. The quantitative estimate of drug-likeness (QED) is 0.689. The fraction of sp³-hybridized carbons (Fsp3) is 0.471. The molecule has 0 unspecified atom stereocenters. The average Bonchev–Trinajstić information content (AvgIpc) is 2.97. The first kappa shape index (κ1) is 18.7. The highest BCUT2D eigenvalue weighted by Crippen LogP contribution is 2.29. The molecule has 0 bridgehead atoms. The second-order valence-electron chi connectivity index (χ2n) is 6.07. The molecule has 1 amide bonds. The van der Waals surface area contributed by atoms with Crippen LogP contribution >= 0.6 is 23.1 Å². The van der Waals surface area contributed by atoms with Gasteiger partial charge in [0.15, 0.2) is 4.34 Å². The second-order valence-corrected chi connectivity index (χ2v) is 8.27. The highest BCUT2D eigenvalue weighted by atomic mass is 32.2. The zero-order valence-electron chi connectivity index (χ0n) is 14.5. The molecule has 0 spiro atoms. The van der Waals surface area contributed by atoms with Crippen LogP contribution in [0.1, 0.15) is 31.4 Å². The molecule has 24 heavy (non-hydrogen) atoms. The summed E-state index contributed by atoms with van der Waals surface area (Å²) in [4.78, 5) is 11.8. The first-order valence-corrected chi connectivity index (χ1v) is 9.82. The summed E-state index contributed by atoms with van der Waals surface area (Å²) in [6.45, 7) is 9.18. The van der Waals surface area contributed by atoms with Crippen molar-refractivity contribution in [3.05, 3.63) is 29.3 Å². The lowest BCUT2D eigenvalue weighted by Gasteiger charge is -2.08. The number of hydrogen-bond acceptors (Lipinski definition) is 6. The number of aryl methyl sites for hydroxylation is 1. The number of carbonyl (C=O) groups excluding carboxylic acids is 1. The molecule has 0 saturated heterocycles. The number of rotatable bonds is 8. The van der Waals surface area contributed by atoms with Crippen LogP contribution in [0.2, 0.25) is 0 Å². The van der Waals surface area contributed by atoms with Gasteiger partial charge < -0.3 is 10.6 Å². The molecule has 7 heteroatoms. The smallest absolute Gasteiger partial charge is 0.230 e. The van der Waals surface area contributed by atoms with Crippen LogP contribution in [0.25, 0.3) is 0 Å². The number of aromatic nitrogens is 2. The van der Waals surface area contributed by atoms with Crippen molar-refractivity contribution in [2.45, 2.75) is 38.5 Å². The largest absolute Gasteiger partial charge is 0.355 e. The Morgan fingerprint density at radius 1 is 1.29 bits per heavy atom. The molecule has 2 rings (SSSR count). The van der Waals surface area contributed by atoms with Gasteiger partial charge in [0, 0.05) is 12.2 Å². The highest BCUT2D eigenvalue weighted by molar-refractivity contribution is 8.01. The van der Waals surface area contributed by atoms with Gasteiger partial charge in [-0.25, -0.2) is 0 Å². The minimum Gasteiger partial charge on any atom is -0.355 e. The summed E-state index contributed by atoms with van der Waals surface area (Å²) in [6.07, 6.45) is 0.999. The first-order valence-electron chi connectivity index (χ1n) is 8.02. The van der Waals surface area contributed by atoms with Gasteiger partial charge in [-0.1, -0.05) is 49.1 Å². The van der Waals surface area contributed by atoms with Crippen LogP contribution in [0.5, 0.6) is 0 Å². The Morgan fingerprint density at radius 3 is 2.83 bits per heavy atom. The second kappa shape index (κ2) is 9.03. The summed E-state index contributed by atoms with van der Waals surface area (Å²) in [5.41, 5.74) is 3.47. The maximum atomic E-state index is 11.8. The number of anilines is 2. The van der Waals surface area contributed by atoms with Gasteiger partial charge >= 0.3 is 0 Å². The number of thioether (sulfide) groups is 1. The summed E-state index contributed by atoms with van der Waals surface area (Å²) >= 11 is 2.88. The van der Waals surface area contributed by atoms with Gasteiger partial charge in [0.25, 0.3) is 0 Å². The summed E-state index contributed by atoms with van der Waals surface area (Å²) in [5.74, 6) is 1.01. The van der Waals surface area contributed by atoms with Crippen molar-refractivity contribution < 1.29 is 4.79 Å². The van der Waals surface area contributed by atoms with Crippen LogP contribution in [-0.4, -0.2) is 28.4 Å². The van der Waals surface area contributed by atoms with Crippen LogP contribution < -0.4 is 10.6 Å². The summed E-state index contributed by atoms with van der Waals surface area (Å²) in [5, 5.41) is 15.3. The van der Waals surface area contributed by atoms with Crippen LogP contribution in [0.3, 0.4) is 0 Å². The van der Waals surface area contributed by atoms with Crippen LogP contribution in [0.15, 0.2) is 22.5 Å². The van der Waals surface area contributed by atoms with Crippen molar-refractivity contribution in [2.24, 2.45) is 5.92 Å². The molecule has 1 aromatic heterocycles. The summed E-state index contributed by atoms with van der Waals surface area (Å²) in [7, 11) is 0. The Balaban J connectivity index is 1.83. The fourth-order valence-electron chi connectivity index (χ4n) is 2.00. The average molecular weight is 365 g/mol. The lowest BCUT2D eigenvalue weighted by molar-refractivity contribution is -0.118. The third-order valence-corrected chi connectivity index (χ3v) is 5.60. The molecule has 0 aliphatic rings. The van der Waals surface area contributed by atoms with Gasteiger partial charge in [0.1, 0.15) is 0 Å². The lowest BCUT2D eigenvalue weighted by Crippen LogP contribution is -2.26.